The van der Waals surface area contributed by atoms with Crippen LogP contribution < -0.4 is 5.73 Å². The molecule has 0 saturated heterocycles. The van der Waals surface area contributed by atoms with Gasteiger partial charge in [-0.25, -0.2) is 4.57 Å². The van der Waals surface area contributed by atoms with Gasteiger partial charge >= 0.3 is 7.82 Å². The maximum atomic E-state index is 11.5. The van der Waals surface area contributed by atoms with E-state index >= 15 is 0 Å². The zero-order chi connectivity index (χ0) is 24.6. The van der Waals surface area contributed by atoms with Crippen LogP contribution in [0.15, 0.2) is 0 Å². The third-order valence-electron chi connectivity index (χ3n) is 5.63. The second-order valence-corrected chi connectivity index (χ2v) is 10.3. The number of nitrogens with two attached hydrogens (primary N) is 1. The number of hydrogen-bond acceptors (Lipinski definition) is 7. The molecule has 0 bridgehead atoms. The number of ether oxygens (including phenoxy) is 2. The molecule has 0 saturated carbocycles. The molecule has 2 unspecified atom stereocenters. The molecular weight excluding hydrogens is 445 g/mol. The summed E-state index contributed by atoms with van der Waals surface area (Å²) in [4.78, 5) is 9.39. The first kappa shape index (κ1) is 33.0. The molecule has 0 fully saturated rings. The third kappa shape index (κ3) is 23.5. The Bertz CT molecular complexity index is 457. The monoisotopic (exact) mass is 497 g/mol. The van der Waals surface area contributed by atoms with E-state index in [0.717, 1.165) is 12.8 Å². The normalized spacial score (nSPS) is 15.4. The fraction of sp³-hybridized carbons (Fsp3) is 1.00. The number of rotatable bonds is 26. The Hall–Kier alpha value is -0.0500. The summed E-state index contributed by atoms with van der Waals surface area (Å²) in [5.41, 5.74) is 5.20. The first-order valence-electron chi connectivity index (χ1n) is 13.1. The topological polar surface area (TPSA) is 120 Å². The lowest BCUT2D eigenvalue weighted by Crippen LogP contribution is -2.26. The van der Waals surface area contributed by atoms with Gasteiger partial charge in [-0.1, -0.05) is 96.8 Å². The van der Waals surface area contributed by atoms with Crippen molar-refractivity contribution in [2.75, 3.05) is 40.1 Å². The van der Waals surface area contributed by atoms with E-state index in [1.165, 1.54) is 83.5 Å². The van der Waals surface area contributed by atoms with Crippen LogP contribution in [-0.2, 0) is 23.1 Å². The van der Waals surface area contributed by atoms with Gasteiger partial charge in [0.15, 0.2) is 0 Å². The molecule has 4 N–H and O–H groups in total. The van der Waals surface area contributed by atoms with E-state index < -0.39 is 13.9 Å². The van der Waals surface area contributed by atoms with Gasteiger partial charge in [0.2, 0.25) is 0 Å². The van der Waals surface area contributed by atoms with Crippen LogP contribution >= 0.6 is 7.82 Å². The average molecular weight is 498 g/mol. The summed E-state index contributed by atoms with van der Waals surface area (Å²) in [5.74, 6) is 0. The molecular formula is C24H52NO7P. The zero-order valence-electron chi connectivity index (χ0n) is 21.3. The fourth-order valence-corrected chi connectivity index (χ4v) is 4.38. The van der Waals surface area contributed by atoms with Crippen molar-refractivity contribution in [1.82, 2.24) is 0 Å². The Labute approximate surface area is 202 Å². The smallest absolute Gasteiger partial charge is 0.388 e. The molecule has 33 heavy (non-hydrogen) atoms. The first-order chi connectivity index (χ1) is 15.9. The number of methoxy groups -OCH3 is 1. The van der Waals surface area contributed by atoms with Crippen molar-refractivity contribution in [3.63, 3.8) is 0 Å². The van der Waals surface area contributed by atoms with Crippen LogP contribution in [0, 0.1) is 0 Å². The van der Waals surface area contributed by atoms with Crippen molar-refractivity contribution in [3.8, 4) is 0 Å². The van der Waals surface area contributed by atoms with Gasteiger partial charge in [-0.15, -0.1) is 0 Å². The molecule has 0 aromatic rings. The van der Waals surface area contributed by atoms with Crippen molar-refractivity contribution < 1.29 is 33.1 Å². The molecule has 0 amide bonds. The van der Waals surface area contributed by atoms with Crippen LogP contribution in [0.4, 0.5) is 0 Å². The number of aliphatic hydroxyl groups excluding tert-OH is 1. The minimum atomic E-state index is -4.18. The molecule has 0 heterocycles. The minimum Gasteiger partial charge on any atom is -0.388 e. The van der Waals surface area contributed by atoms with Gasteiger partial charge in [0, 0.05) is 13.7 Å². The third-order valence-corrected chi connectivity index (χ3v) is 6.61. The van der Waals surface area contributed by atoms with Crippen LogP contribution in [0.2, 0.25) is 0 Å². The second-order valence-electron chi connectivity index (χ2n) is 8.82. The Morgan fingerprint density at radius 2 is 1.30 bits per heavy atom. The van der Waals surface area contributed by atoms with E-state index in [2.05, 4.69) is 11.4 Å². The fourth-order valence-electron chi connectivity index (χ4n) is 3.60. The summed E-state index contributed by atoms with van der Waals surface area (Å²) in [5, 5.41) is 9.83. The molecule has 0 aliphatic rings. The maximum absolute atomic E-state index is 11.5. The lowest BCUT2D eigenvalue weighted by Gasteiger charge is -2.18. The molecule has 0 radical (unpaired) electrons. The van der Waals surface area contributed by atoms with Crippen molar-refractivity contribution in [2.45, 2.75) is 115 Å². The Morgan fingerprint density at radius 3 is 1.79 bits per heavy atom. The van der Waals surface area contributed by atoms with Crippen molar-refractivity contribution in [1.29, 1.82) is 0 Å². The summed E-state index contributed by atoms with van der Waals surface area (Å²) in [6.07, 6.45) is 18.5. The van der Waals surface area contributed by atoms with Crippen LogP contribution in [-0.4, -0.2) is 62.3 Å². The summed E-state index contributed by atoms with van der Waals surface area (Å²) in [6.45, 7) is 2.30. The SMILES string of the molecule is CCCCCCCCCCCCCCCCC(COC[C@@H](O)COP(=O)(O)OCCN)OC. The van der Waals surface area contributed by atoms with Gasteiger partial charge in [-0.05, 0) is 6.42 Å². The van der Waals surface area contributed by atoms with Gasteiger partial charge in [0.1, 0.15) is 6.10 Å². The van der Waals surface area contributed by atoms with Gasteiger partial charge in [0.05, 0.1) is 32.5 Å². The van der Waals surface area contributed by atoms with Crippen LogP contribution in [0.25, 0.3) is 0 Å². The molecule has 200 valence electrons. The highest BCUT2D eigenvalue weighted by Crippen LogP contribution is 2.42. The number of phosphoric ester groups is 1. The van der Waals surface area contributed by atoms with E-state index in [-0.39, 0.29) is 32.5 Å². The first-order valence-corrected chi connectivity index (χ1v) is 14.5. The van der Waals surface area contributed by atoms with E-state index in [1.54, 1.807) is 7.11 Å². The van der Waals surface area contributed by atoms with Crippen molar-refractivity contribution >= 4 is 7.82 Å². The van der Waals surface area contributed by atoms with E-state index in [0.29, 0.717) is 6.61 Å². The van der Waals surface area contributed by atoms with E-state index in [4.69, 9.17) is 19.7 Å². The number of hydrogen-bond donors (Lipinski definition) is 3. The van der Waals surface area contributed by atoms with E-state index in [9.17, 15) is 14.6 Å². The average Bonchev–Trinajstić information content (AvgIpc) is 2.80. The second kappa shape index (κ2) is 23.7. The van der Waals surface area contributed by atoms with Crippen LogP contribution in [0.3, 0.4) is 0 Å². The molecule has 0 aliphatic heterocycles. The molecule has 0 aromatic heterocycles. The summed E-state index contributed by atoms with van der Waals surface area (Å²) < 4.78 is 31.7. The molecule has 0 rings (SSSR count). The summed E-state index contributed by atoms with van der Waals surface area (Å²) >= 11 is 0. The highest BCUT2D eigenvalue weighted by Gasteiger charge is 2.22. The highest BCUT2D eigenvalue weighted by molar-refractivity contribution is 7.47. The number of phosphoric acid groups is 1. The Balaban J connectivity index is 3.54. The zero-order valence-corrected chi connectivity index (χ0v) is 22.2. The standard InChI is InChI=1S/C24H52NO7P/c1-3-4-5-6-7-8-9-10-11-12-13-14-15-16-17-24(29-2)22-30-20-23(26)21-32-33(27,28)31-19-18-25/h23-24,26H,3-22,25H2,1-2H3,(H,27,28)/t23-,24?/m1/s1. The number of unbranched alkanes of at least 4 members (excludes halogenated alkanes) is 13. The molecule has 0 aromatic carbocycles. The predicted molar refractivity (Wildman–Crippen MR) is 133 cm³/mol. The highest BCUT2D eigenvalue weighted by atomic mass is 31.2. The largest absolute Gasteiger partial charge is 0.472 e. The van der Waals surface area contributed by atoms with Gasteiger partial charge in [-0.3, -0.25) is 9.05 Å². The lowest BCUT2D eigenvalue weighted by atomic mass is 10.0. The molecule has 3 atom stereocenters. The summed E-state index contributed by atoms with van der Waals surface area (Å²) in [7, 11) is -2.52. The Morgan fingerprint density at radius 1 is 0.788 bits per heavy atom. The molecule has 0 spiro atoms. The van der Waals surface area contributed by atoms with E-state index in [1.807, 2.05) is 0 Å². The number of aliphatic hydroxyl groups is 1. The summed E-state index contributed by atoms with van der Waals surface area (Å²) in [6, 6.07) is 0. The lowest BCUT2D eigenvalue weighted by molar-refractivity contribution is -0.0386. The Kier molecular flexibility index (Phi) is 23.6. The van der Waals surface area contributed by atoms with Gasteiger partial charge in [0.25, 0.3) is 0 Å². The molecule has 9 heteroatoms. The minimum absolute atomic E-state index is 0.00448. The quantitative estimate of drug-likeness (QED) is 0.108. The van der Waals surface area contributed by atoms with Crippen molar-refractivity contribution in [3.05, 3.63) is 0 Å². The van der Waals surface area contributed by atoms with Crippen molar-refractivity contribution in [2.24, 2.45) is 5.73 Å². The maximum Gasteiger partial charge on any atom is 0.472 e. The van der Waals surface area contributed by atoms with Crippen LogP contribution in [0.5, 0.6) is 0 Å². The molecule has 8 nitrogen and oxygen atoms in total. The predicted octanol–water partition coefficient (Wildman–Crippen LogP) is 5.34. The molecule has 0 aliphatic carbocycles. The van der Waals surface area contributed by atoms with Gasteiger partial charge in [-0.2, -0.15) is 0 Å². The van der Waals surface area contributed by atoms with Crippen LogP contribution in [0.1, 0.15) is 103 Å². The van der Waals surface area contributed by atoms with Gasteiger partial charge < -0.3 is 25.2 Å².